The first-order valence-corrected chi connectivity index (χ1v) is 10.8. The summed E-state index contributed by atoms with van der Waals surface area (Å²) in [5.74, 6) is 0.419. The molecular formula is C26H24N4O3. The minimum Gasteiger partial charge on any atom is -0.465 e. The normalized spacial score (nSPS) is 12.6. The summed E-state index contributed by atoms with van der Waals surface area (Å²) in [5, 5.41) is 4.90. The van der Waals surface area contributed by atoms with Gasteiger partial charge in [0.05, 0.1) is 37.1 Å². The highest BCUT2D eigenvalue weighted by atomic mass is 16.5. The molecule has 0 fully saturated rings. The lowest BCUT2D eigenvalue weighted by atomic mass is 10.1. The average molecular weight is 441 g/mol. The van der Waals surface area contributed by atoms with E-state index >= 15 is 0 Å². The molecule has 7 heteroatoms. The number of benzene rings is 2. The summed E-state index contributed by atoms with van der Waals surface area (Å²) in [7, 11) is 1.34. The second kappa shape index (κ2) is 8.09. The van der Waals surface area contributed by atoms with Crippen LogP contribution in [0.15, 0.2) is 67.0 Å². The number of aromatic nitrogens is 3. The molecule has 0 bridgehead atoms. The van der Waals surface area contributed by atoms with Crippen LogP contribution in [-0.2, 0) is 17.8 Å². The molecule has 166 valence electrons. The van der Waals surface area contributed by atoms with Crippen LogP contribution in [0.2, 0.25) is 0 Å². The fraction of sp³-hybridized carbons (Fsp3) is 0.192. The molecule has 2 aromatic heterocycles. The van der Waals surface area contributed by atoms with E-state index < -0.39 is 5.97 Å². The van der Waals surface area contributed by atoms with Crippen molar-refractivity contribution in [3.05, 3.63) is 101 Å². The van der Waals surface area contributed by atoms with Crippen LogP contribution in [0, 0.1) is 13.8 Å². The van der Waals surface area contributed by atoms with Crippen LogP contribution >= 0.6 is 0 Å². The first-order chi connectivity index (χ1) is 16.0. The third-order valence-electron chi connectivity index (χ3n) is 6.15. The van der Waals surface area contributed by atoms with Crippen molar-refractivity contribution >= 4 is 11.9 Å². The number of nitrogens with zero attached hydrogens (tertiary/aromatic N) is 4. The van der Waals surface area contributed by atoms with Gasteiger partial charge in [0.15, 0.2) is 0 Å². The third-order valence-corrected chi connectivity index (χ3v) is 6.15. The zero-order valence-corrected chi connectivity index (χ0v) is 18.8. The van der Waals surface area contributed by atoms with Crippen molar-refractivity contribution in [3.8, 4) is 11.5 Å². The van der Waals surface area contributed by atoms with Gasteiger partial charge in [-0.05, 0) is 73.5 Å². The molecule has 0 saturated carbocycles. The highest BCUT2D eigenvalue weighted by molar-refractivity contribution is 5.96. The first-order valence-electron chi connectivity index (χ1n) is 10.8. The SMILES string of the molecule is COC(=O)c1ccc(C(=O)N2Cc3nn(-c4ccc(C)c(C)c4)c(-n4cccc4)c3C2)cc1. The Morgan fingerprint density at radius 1 is 0.909 bits per heavy atom. The Morgan fingerprint density at radius 2 is 1.61 bits per heavy atom. The lowest BCUT2D eigenvalue weighted by Gasteiger charge is -2.18. The summed E-state index contributed by atoms with van der Waals surface area (Å²) in [4.78, 5) is 26.6. The van der Waals surface area contributed by atoms with Gasteiger partial charge >= 0.3 is 5.97 Å². The Morgan fingerprint density at radius 3 is 2.27 bits per heavy atom. The van der Waals surface area contributed by atoms with Crippen LogP contribution in [0.5, 0.6) is 0 Å². The summed E-state index contributed by atoms with van der Waals surface area (Å²) in [6.45, 7) is 5.08. The van der Waals surface area contributed by atoms with Crippen molar-refractivity contribution in [2.75, 3.05) is 7.11 Å². The van der Waals surface area contributed by atoms with Gasteiger partial charge in [-0.2, -0.15) is 5.10 Å². The average Bonchev–Trinajstić information content (AvgIpc) is 3.56. The van der Waals surface area contributed by atoms with Crippen molar-refractivity contribution in [2.45, 2.75) is 26.9 Å². The van der Waals surface area contributed by atoms with Crippen molar-refractivity contribution in [2.24, 2.45) is 0 Å². The predicted molar refractivity (Wildman–Crippen MR) is 124 cm³/mol. The van der Waals surface area contributed by atoms with Crippen molar-refractivity contribution in [1.82, 2.24) is 19.2 Å². The Bertz CT molecular complexity index is 1350. The Balaban J connectivity index is 1.48. The molecule has 33 heavy (non-hydrogen) atoms. The number of esters is 1. The molecule has 0 atom stereocenters. The number of fused-ring (bicyclic) bond motifs is 1. The van der Waals surface area contributed by atoms with Crippen LogP contribution in [-0.4, -0.2) is 38.2 Å². The zero-order valence-electron chi connectivity index (χ0n) is 18.8. The van der Waals surface area contributed by atoms with Crippen LogP contribution in [0.3, 0.4) is 0 Å². The van der Waals surface area contributed by atoms with Crippen LogP contribution in [0.25, 0.3) is 11.5 Å². The number of carbonyl (C=O) groups excluding carboxylic acids is 2. The number of hydrogen-bond donors (Lipinski definition) is 0. The number of carbonyl (C=O) groups is 2. The lowest BCUT2D eigenvalue weighted by molar-refractivity contribution is 0.0599. The molecule has 0 aliphatic carbocycles. The molecule has 2 aromatic carbocycles. The molecule has 3 heterocycles. The van der Waals surface area contributed by atoms with E-state index in [9.17, 15) is 9.59 Å². The third kappa shape index (κ3) is 3.61. The van der Waals surface area contributed by atoms with Crippen molar-refractivity contribution in [3.63, 3.8) is 0 Å². The maximum atomic E-state index is 13.2. The number of methoxy groups -OCH3 is 1. The smallest absolute Gasteiger partial charge is 0.337 e. The fourth-order valence-corrected chi connectivity index (χ4v) is 4.17. The van der Waals surface area contributed by atoms with Gasteiger partial charge in [0.2, 0.25) is 0 Å². The van der Waals surface area contributed by atoms with Gasteiger partial charge in [-0.3, -0.25) is 4.79 Å². The van der Waals surface area contributed by atoms with E-state index in [0.717, 1.165) is 22.8 Å². The zero-order chi connectivity index (χ0) is 23.1. The van der Waals surface area contributed by atoms with Crippen molar-refractivity contribution in [1.29, 1.82) is 0 Å². The van der Waals surface area contributed by atoms with E-state index in [1.807, 2.05) is 33.8 Å². The molecule has 7 nitrogen and oxygen atoms in total. The highest BCUT2D eigenvalue weighted by Crippen LogP contribution is 2.31. The summed E-state index contributed by atoms with van der Waals surface area (Å²) < 4.78 is 8.74. The number of rotatable bonds is 4. The van der Waals surface area contributed by atoms with Gasteiger partial charge in [-0.1, -0.05) is 6.07 Å². The van der Waals surface area contributed by atoms with Gasteiger partial charge in [0.25, 0.3) is 5.91 Å². The standard InChI is InChI=1S/C26H24N4O3/c1-17-6-11-21(14-18(17)2)30-24(28-12-4-5-13-28)22-15-29(16-23(22)27-30)25(31)19-7-9-20(10-8-19)26(32)33-3/h4-14H,15-16H2,1-3H3. The molecule has 1 amide bonds. The first kappa shape index (κ1) is 20.8. The number of amides is 1. The quantitative estimate of drug-likeness (QED) is 0.446. The molecule has 5 rings (SSSR count). The van der Waals surface area contributed by atoms with Gasteiger partial charge in [0, 0.05) is 23.5 Å². The molecule has 4 aromatic rings. The summed E-state index contributed by atoms with van der Waals surface area (Å²) in [6.07, 6.45) is 3.98. The minimum absolute atomic E-state index is 0.0967. The van der Waals surface area contributed by atoms with E-state index in [2.05, 4.69) is 32.0 Å². The molecule has 0 unspecified atom stereocenters. The van der Waals surface area contributed by atoms with E-state index in [0.29, 0.717) is 24.2 Å². The Labute approximate surface area is 191 Å². The fourth-order valence-electron chi connectivity index (χ4n) is 4.17. The van der Waals surface area contributed by atoms with Gasteiger partial charge in [-0.25, -0.2) is 9.48 Å². The van der Waals surface area contributed by atoms with Gasteiger partial charge in [-0.15, -0.1) is 0 Å². The molecule has 0 spiro atoms. The Hall–Kier alpha value is -4.13. The minimum atomic E-state index is -0.424. The van der Waals surface area contributed by atoms with Crippen LogP contribution < -0.4 is 0 Å². The summed E-state index contributed by atoms with van der Waals surface area (Å²) in [5.41, 5.74) is 6.29. The van der Waals surface area contributed by atoms with Gasteiger partial charge in [0.1, 0.15) is 5.82 Å². The second-order valence-electron chi connectivity index (χ2n) is 8.25. The molecule has 0 N–H and O–H groups in total. The maximum absolute atomic E-state index is 13.2. The molecule has 0 radical (unpaired) electrons. The van der Waals surface area contributed by atoms with E-state index in [1.54, 1.807) is 29.2 Å². The molecule has 1 aliphatic heterocycles. The topological polar surface area (TPSA) is 69.4 Å². The second-order valence-corrected chi connectivity index (χ2v) is 8.25. The predicted octanol–water partition coefficient (Wildman–Crippen LogP) is 4.22. The number of aryl methyl sites for hydroxylation is 2. The van der Waals surface area contributed by atoms with Crippen molar-refractivity contribution < 1.29 is 14.3 Å². The highest BCUT2D eigenvalue weighted by Gasteiger charge is 2.32. The monoisotopic (exact) mass is 440 g/mol. The van der Waals surface area contributed by atoms with E-state index in [-0.39, 0.29) is 5.91 Å². The largest absolute Gasteiger partial charge is 0.465 e. The van der Waals surface area contributed by atoms with Crippen LogP contribution in [0.4, 0.5) is 0 Å². The lowest BCUT2D eigenvalue weighted by Crippen LogP contribution is -2.26. The number of hydrogen-bond acceptors (Lipinski definition) is 4. The van der Waals surface area contributed by atoms with E-state index in [1.165, 1.54) is 18.2 Å². The van der Waals surface area contributed by atoms with Crippen LogP contribution in [0.1, 0.15) is 43.1 Å². The Kier molecular flexibility index (Phi) is 5.09. The van der Waals surface area contributed by atoms with Gasteiger partial charge < -0.3 is 14.2 Å². The molecule has 1 aliphatic rings. The molecule has 0 saturated heterocycles. The summed E-state index contributed by atoms with van der Waals surface area (Å²) >= 11 is 0. The molecular weight excluding hydrogens is 416 g/mol. The number of ether oxygens (including phenoxy) is 1. The summed E-state index contributed by atoms with van der Waals surface area (Å²) in [6, 6.07) is 16.8. The maximum Gasteiger partial charge on any atom is 0.337 e. The van der Waals surface area contributed by atoms with E-state index in [4.69, 9.17) is 9.84 Å².